The van der Waals surface area contributed by atoms with Gasteiger partial charge in [0.1, 0.15) is 11.6 Å². The number of alkyl halides is 3. The maximum Gasteiger partial charge on any atom is 0.573 e. The lowest BCUT2D eigenvalue weighted by Crippen LogP contribution is -2.27. The van der Waals surface area contributed by atoms with Crippen molar-refractivity contribution in [3.63, 3.8) is 0 Å². The van der Waals surface area contributed by atoms with E-state index in [4.69, 9.17) is 0 Å². The van der Waals surface area contributed by atoms with Crippen LogP contribution >= 0.6 is 23.1 Å². The summed E-state index contributed by atoms with van der Waals surface area (Å²) in [6.45, 7) is 0.286. The number of rotatable bonds is 8. The Bertz CT molecular complexity index is 1030. The summed E-state index contributed by atoms with van der Waals surface area (Å²) in [4.78, 5) is 13.8. The molecule has 6 nitrogen and oxygen atoms in total. The van der Waals surface area contributed by atoms with Gasteiger partial charge in [-0.05, 0) is 42.0 Å². The van der Waals surface area contributed by atoms with Crippen molar-refractivity contribution < 1.29 is 27.1 Å². The zero-order valence-corrected chi connectivity index (χ0v) is 17.7. The van der Waals surface area contributed by atoms with E-state index in [1.54, 1.807) is 19.2 Å². The van der Waals surface area contributed by atoms with Crippen LogP contribution in [0.4, 0.5) is 28.4 Å². The SMILES string of the molecule is CN(Cc1cccc(F)c1)C(=O)CSc1nnc(Nc2ccc(OC(F)(F)F)cc2)s1. The Morgan fingerprint density at radius 2 is 1.94 bits per heavy atom. The molecule has 1 heterocycles. The van der Waals surface area contributed by atoms with E-state index in [2.05, 4.69) is 20.3 Å². The van der Waals surface area contributed by atoms with E-state index >= 15 is 0 Å². The van der Waals surface area contributed by atoms with E-state index in [0.717, 1.165) is 0 Å². The van der Waals surface area contributed by atoms with Gasteiger partial charge >= 0.3 is 6.36 Å². The van der Waals surface area contributed by atoms with Gasteiger partial charge in [0, 0.05) is 19.3 Å². The third-order valence-corrected chi connectivity index (χ3v) is 5.76. The van der Waals surface area contributed by atoms with Crippen LogP contribution < -0.4 is 10.1 Å². The maximum atomic E-state index is 13.3. The van der Waals surface area contributed by atoms with Crippen molar-refractivity contribution >= 4 is 39.8 Å². The summed E-state index contributed by atoms with van der Waals surface area (Å²) < 4.78 is 54.2. The highest BCUT2D eigenvalue weighted by Crippen LogP contribution is 2.29. The maximum absolute atomic E-state index is 13.3. The van der Waals surface area contributed by atoms with Gasteiger partial charge in [0.05, 0.1) is 5.75 Å². The predicted octanol–water partition coefficient (Wildman–Crippen LogP) is 5.07. The van der Waals surface area contributed by atoms with Crippen LogP contribution in [0.25, 0.3) is 0 Å². The number of aromatic nitrogens is 2. The third-order valence-electron chi connectivity index (χ3n) is 3.80. The number of carbonyl (C=O) groups excluding carboxylic acids is 1. The Balaban J connectivity index is 1.49. The van der Waals surface area contributed by atoms with Crippen LogP contribution in [0.15, 0.2) is 52.9 Å². The summed E-state index contributed by atoms with van der Waals surface area (Å²) in [5, 5.41) is 11.3. The zero-order chi connectivity index (χ0) is 22.4. The average molecular weight is 472 g/mol. The molecule has 0 bridgehead atoms. The monoisotopic (exact) mass is 472 g/mol. The molecule has 0 spiro atoms. The van der Waals surface area contributed by atoms with Gasteiger partial charge in [-0.2, -0.15) is 0 Å². The molecule has 3 rings (SSSR count). The Morgan fingerprint density at radius 1 is 1.19 bits per heavy atom. The first kappa shape index (κ1) is 22.8. The Labute approximate surface area is 183 Å². The largest absolute Gasteiger partial charge is 0.573 e. The second-order valence-electron chi connectivity index (χ2n) is 6.24. The lowest BCUT2D eigenvalue weighted by molar-refractivity contribution is -0.274. The Hall–Kier alpha value is -2.86. The molecule has 0 fully saturated rings. The molecule has 0 atom stereocenters. The number of anilines is 2. The molecule has 1 amide bonds. The number of hydrogen-bond acceptors (Lipinski definition) is 7. The zero-order valence-electron chi connectivity index (χ0n) is 16.0. The molecular weight excluding hydrogens is 456 g/mol. The molecule has 2 aromatic carbocycles. The van der Waals surface area contributed by atoms with Crippen LogP contribution in [0.1, 0.15) is 5.56 Å². The van der Waals surface area contributed by atoms with Gasteiger partial charge in [-0.1, -0.05) is 35.2 Å². The van der Waals surface area contributed by atoms with E-state index in [0.29, 0.717) is 20.7 Å². The number of ether oxygens (including phenoxy) is 1. The lowest BCUT2D eigenvalue weighted by atomic mass is 10.2. The molecule has 0 unspecified atom stereocenters. The first-order valence-corrected chi connectivity index (χ1v) is 10.6. The molecule has 1 aromatic heterocycles. The van der Waals surface area contributed by atoms with E-state index in [-0.39, 0.29) is 29.8 Å². The first-order chi connectivity index (χ1) is 14.7. The van der Waals surface area contributed by atoms with Crippen molar-refractivity contribution in [2.45, 2.75) is 17.2 Å². The number of nitrogens with zero attached hydrogens (tertiary/aromatic N) is 3. The molecule has 0 saturated heterocycles. The highest BCUT2D eigenvalue weighted by molar-refractivity contribution is 8.01. The van der Waals surface area contributed by atoms with Gasteiger partial charge in [-0.25, -0.2) is 4.39 Å². The number of carbonyl (C=O) groups is 1. The highest BCUT2D eigenvalue weighted by Gasteiger charge is 2.30. The van der Waals surface area contributed by atoms with Crippen molar-refractivity contribution in [3.05, 3.63) is 59.9 Å². The third kappa shape index (κ3) is 7.40. The second kappa shape index (κ2) is 9.96. The fourth-order valence-electron chi connectivity index (χ4n) is 2.41. The van der Waals surface area contributed by atoms with Crippen molar-refractivity contribution in [2.24, 2.45) is 0 Å². The first-order valence-electron chi connectivity index (χ1n) is 8.75. The van der Waals surface area contributed by atoms with E-state index in [1.165, 1.54) is 64.4 Å². The molecular formula is C19H16F4N4O2S2. The van der Waals surface area contributed by atoms with E-state index < -0.39 is 6.36 Å². The van der Waals surface area contributed by atoms with Gasteiger partial charge in [0.2, 0.25) is 11.0 Å². The van der Waals surface area contributed by atoms with Gasteiger partial charge in [0.15, 0.2) is 4.34 Å². The molecule has 0 radical (unpaired) electrons. The van der Waals surface area contributed by atoms with Gasteiger partial charge in [0.25, 0.3) is 0 Å². The van der Waals surface area contributed by atoms with Crippen molar-refractivity contribution in [1.82, 2.24) is 15.1 Å². The predicted molar refractivity (Wildman–Crippen MR) is 110 cm³/mol. The number of halogens is 4. The molecule has 0 aliphatic carbocycles. The smallest absolute Gasteiger partial charge is 0.406 e. The number of thioether (sulfide) groups is 1. The summed E-state index contributed by atoms with van der Waals surface area (Å²) in [6.07, 6.45) is -4.75. The summed E-state index contributed by atoms with van der Waals surface area (Å²) in [6, 6.07) is 11.2. The van der Waals surface area contributed by atoms with Crippen LogP contribution in [0.3, 0.4) is 0 Å². The van der Waals surface area contributed by atoms with Crippen molar-refractivity contribution in [2.75, 3.05) is 18.1 Å². The topological polar surface area (TPSA) is 67.4 Å². The summed E-state index contributed by atoms with van der Waals surface area (Å²) in [5.41, 5.74) is 1.20. The number of amides is 1. The van der Waals surface area contributed by atoms with Crippen LogP contribution in [0.2, 0.25) is 0 Å². The number of hydrogen-bond donors (Lipinski definition) is 1. The molecule has 3 aromatic rings. The number of benzene rings is 2. The number of nitrogens with one attached hydrogen (secondary N) is 1. The van der Waals surface area contributed by atoms with Gasteiger partial charge in [-0.15, -0.1) is 23.4 Å². The van der Waals surface area contributed by atoms with Crippen LogP contribution in [0.5, 0.6) is 5.75 Å². The van der Waals surface area contributed by atoms with Crippen LogP contribution in [0, 0.1) is 5.82 Å². The minimum Gasteiger partial charge on any atom is -0.406 e. The van der Waals surface area contributed by atoms with E-state index in [9.17, 15) is 22.4 Å². The lowest BCUT2D eigenvalue weighted by Gasteiger charge is -2.16. The molecule has 12 heteroatoms. The fourth-order valence-corrected chi connectivity index (χ4v) is 4.13. The molecule has 0 saturated carbocycles. The second-order valence-corrected chi connectivity index (χ2v) is 8.44. The summed E-state index contributed by atoms with van der Waals surface area (Å²) >= 11 is 2.41. The van der Waals surface area contributed by atoms with E-state index in [1.807, 2.05) is 0 Å². The van der Waals surface area contributed by atoms with Crippen molar-refractivity contribution in [3.8, 4) is 5.75 Å². The van der Waals surface area contributed by atoms with Crippen LogP contribution in [-0.2, 0) is 11.3 Å². The average Bonchev–Trinajstić information content (AvgIpc) is 3.14. The van der Waals surface area contributed by atoms with Gasteiger partial charge < -0.3 is 15.0 Å². The van der Waals surface area contributed by atoms with Gasteiger partial charge in [-0.3, -0.25) is 4.79 Å². The standard InChI is InChI=1S/C19H16F4N4O2S2/c1-27(10-12-3-2-4-13(20)9-12)16(28)11-30-18-26-25-17(31-18)24-14-5-7-15(8-6-14)29-19(21,22)23/h2-9H,10-11H2,1H3,(H,24,25). The Kier molecular flexibility index (Phi) is 7.33. The van der Waals surface area contributed by atoms with Crippen molar-refractivity contribution in [1.29, 1.82) is 0 Å². The quantitative estimate of drug-likeness (QED) is 0.365. The summed E-state index contributed by atoms with van der Waals surface area (Å²) in [5.74, 6) is -0.708. The fraction of sp³-hybridized carbons (Fsp3) is 0.211. The molecule has 1 N–H and O–H groups in total. The normalized spacial score (nSPS) is 11.3. The minimum atomic E-state index is -4.75. The molecule has 164 valence electrons. The van der Waals surface area contributed by atoms with Crippen LogP contribution in [-0.4, -0.2) is 40.2 Å². The summed E-state index contributed by atoms with van der Waals surface area (Å²) in [7, 11) is 1.63. The minimum absolute atomic E-state index is 0.129. The molecule has 31 heavy (non-hydrogen) atoms. The molecule has 0 aliphatic heterocycles. The Morgan fingerprint density at radius 3 is 2.61 bits per heavy atom. The molecule has 0 aliphatic rings. The highest BCUT2D eigenvalue weighted by atomic mass is 32.2.